The Labute approximate surface area is 227 Å². The molecule has 0 heterocycles. The van der Waals surface area contributed by atoms with Crippen LogP contribution in [0.2, 0.25) is 0 Å². The summed E-state index contributed by atoms with van der Waals surface area (Å²) in [5, 5.41) is 29.9. The summed E-state index contributed by atoms with van der Waals surface area (Å²) in [6.07, 6.45) is -3.26. The second-order valence-electron chi connectivity index (χ2n) is 7.44. The van der Waals surface area contributed by atoms with E-state index >= 15 is 0 Å². The average molecular weight is 532 g/mol. The minimum atomic E-state index is -1.09. The molecule has 3 amide bonds. The van der Waals surface area contributed by atoms with Crippen LogP contribution in [0.3, 0.4) is 0 Å². The van der Waals surface area contributed by atoms with Crippen molar-refractivity contribution in [2.45, 2.75) is 76.2 Å². The van der Waals surface area contributed by atoms with Crippen molar-refractivity contribution in [2.24, 2.45) is 0 Å². The first kappa shape index (κ1) is 40.1. The van der Waals surface area contributed by atoms with Crippen molar-refractivity contribution in [2.75, 3.05) is 39.3 Å². The van der Waals surface area contributed by atoms with Crippen molar-refractivity contribution in [1.29, 1.82) is 0 Å². The maximum absolute atomic E-state index is 9.98. The quantitative estimate of drug-likeness (QED) is 0.408. The Balaban J connectivity index is -0.000000183. The van der Waals surface area contributed by atoms with Crippen molar-refractivity contribution >= 4 is 18.3 Å². The second kappa shape index (κ2) is 22.3. The smallest absolute Gasteiger partial charge is 0.530 e. The van der Waals surface area contributed by atoms with Crippen LogP contribution in [-0.2, 0) is 21.7 Å². The number of hydrogen-bond donors (Lipinski definition) is 0. The fourth-order valence-corrected chi connectivity index (χ4v) is 2.85. The number of amides is 3. The molecule has 0 bridgehead atoms. The molecule has 10 heteroatoms. The van der Waals surface area contributed by atoms with Gasteiger partial charge in [0.1, 0.15) is 18.3 Å². The van der Waals surface area contributed by atoms with Crippen molar-refractivity contribution in [3.05, 3.63) is 27.8 Å². The zero-order valence-electron chi connectivity index (χ0n) is 23.5. The van der Waals surface area contributed by atoms with Gasteiger partial charge in [-0.05, 0) is 41.5 Å². The normalized spacial score (nSPS) is 9.00. The summed E-state index contributed by atoms with van der Waals surface area (Å²) >= 11 is 0. The Morgan fingerprint density at radius 1 is 0.571 bits per heavy atom. The van der Waals surface area contributed by atoms with Crippen LogP contribution in [0, 0.1) is 34.6 Å². The van der Waals surface area contributed by atoms with E-state index in [-0.39, 0.29) is 21.7 Å². The van der Waals surface area contributed by atoms with Crippen LogP contribution >= 0.6 is 0 Å². The van der Waals surface area contributed by atoms with E-state index in [1.54, 1.807) is 41.5 Å². The Hall–Kier alpha value is -2.13. The van der Waals surface area contributed by atoms with Crippen LogP contribution in [0.25, 0.3) is 0 Å². The predicted octanol–water partition coefficient (Wildman–Crippen LogP) is 1.96. The molecule has 9 nitrogen and oxygen atoms in total. The van der Waals surface area contributed by atoms with Gasteiger partial charge >= 0.3 is 21.7 Å². The van der Waals surface area contributed by atoms with Crippen molar-refractivity contribution < 1.29 is 51.4 Å². The standard InChI is InChI=1S/C10H15.3C5H11NO2.Ti/c1-6-7(2)9(4)10(5)8(6)3;3*1-3-6(4-2)5(7)8;/h1-5H3;3*3-4H2,1-2H3,(H,7,8);/q-1;;;;+4/p-3. The van der Waals surface area contributed by atoms with E-state index in [0.29, 0.717) is 39.3 Å². The number of carboxylic acid groups (broad SMARTS) is 3. The van der Waals surface area contributed by atoms with Gasteiger partial charge < -0.3 is 44.4 Å². The Morgan fingerprint density at radius 3 is 0.771 bits per heavy atom. The summed E-state index contributed by atoms with van der Waals surface area (Å²) in [6.45, 7) is 24.7. The molecule has 0 spiro atoms. The molecule has 1 aromatic rings. The number of carbonyl (C=O) groups is 3. The summed E-state index contributed by atoms with van der Waals surface area (Å²) in [6, 6.07) is 0. The SMILES string of the molecule is CCN(CC)C(=O)[O-].CCN(CC)C(=O)[O-].CCN(CC)C(=O)[O-].Cc1c(C)c(C)[c-](C)c1C.[Ti+4]. The Bertz CT molecular complexity index is 593. The first-order chi connectivity index (χ1) is 15.7. The van der Waals surface area contributed by atoms with Gasteiger partial charge in [0, 0.05) is 39.3 Å². The van der Waals surface area contributed by atoms with Crippen molar-refractivity contribution in [3.63, 3.8) is 0 Å². The van der Waals surface area contributed by atoms with Gasteiger partial charge in [0.05, 0.1) is 0 Å². The Morgan fingerprint density at radius 2 is 0.743 bits per heavy atom. The molecule has 0 saturated heterocycles. The monoisotopic (exact) mass is 531 g/mol. The molecule has 0 radical (unpaired) electrons. The largest absolute Gasteiger partial charge is 4.00 e. The minimum Gasteiger partial charge on any atom is -0.530 e. The molecule has 0 atom stereocenters. The van der Waals surface area contributed by atoms with E-state index < -0.39 is 18.3 Å². The summed E-state index contributed by atoms with van der Waals surface area (Å²) in [4.78, 5) is 33.6. The molecule has 0 saturated carbocycles. The van der Waals surface area contributed by atoms with E-state index in [4.69, 9.17) is 0 Å². The van der Waals surface area contributed by atoms with E-state index in [0.717, 1.165) is 0 Å². The fraction of sp³-hybridized carbons (Fsp3) is 0.680. The van der Waals surface area contributed by atoms with Crippen LogP contribution in [0.5, 0.6) is 0 Å². The van der Waals surface area contributed by atoms with Gasteiger partial charge in [-0.2, -0.15) is 27.8 Å². The van der Waals surface area contributed by atoms with Gasteiger partial charge in [0.15, 0.2) is 0 Å². The number of carbonyl (C=O) groups excluding carboxylic acids is 3. The molecule has 0 aliphatic carbocycles. The fourth-order valence-electron chi connectivity index (χ4n) is 2.85. The number of hydrogen-bond acceptors (Lipinski definition) is 6. The van der Waals surface area contributed by atoms with E-state index in [1.165, 1.54) is 42.5 Å². The summed E-state index contributed by atoms with van der Waals surface area (Å²) in [7, 11) is 0. The molecule has 1 rings (SSSR count). The van der Waals surface area contributed by atoms with E-state index in [2.05, 4.69) is 34.6 Å². The molecule has 0 aliphatic rings. The molecule has 0 aromatic heterocycles. The maximum atomic E-state index is 9.98. The molecule has 0 unspecified atom stereocenters. The first-order valence-corrected chi connectivity index (χ1v) is 11.8. The molecule has 0 N–H and O–H groups in total. The predicted molar refractivity (Wildman–Crippen MR) is 131 cm³/mol. The third kappa shape index (κ3) is 16.2. The molecular weight excluding hydrogens is 486 g/mol. The molecular formula is C25H45N3O6Ti. The zero-order chi connectivity index (χ0) is 27.6. The summed E-state index contributed by atoms with van der Waals surface area (Å²) in [5.41, 5.74) is 7.34. The Kier molecular flexibility index (Phi) is 25.6. The number of nitrogens with zero attached hydrogens (tertiary/aromatic N) is 3. The van der Waals surface area contributed by atoms with Crippen LogP contribution in [-0.4, -0.2) is 72.2 Å². The molecule has 0 fully saturated rings. The van der Waals surface area contributed by atoms with Gasteiger partial charge in [0.25, 0.3) is 0 Å². The topological polar surface area (TPSA) is 130 Å². The molecule has 35 heavy (non-hydrogen) atoms. The van der Waals surface area contributed by atoms with Crippen LogP contribution in [0.15, 0.2) is 0 Å². The average Bonchev–Trinajstić information content (AvgIpc) is 2.94. The van der Waals surface area contributed by atoms with Crippen LogP contribution in [0.1, 0.15) is 69.4 Å². The zero-order valence-corrected chi connectivity index (χ0v) is 25.1. The number of rotatable bonds is 6. The van der Waals surface area contributed by atoms with Crippen LogP contribution in [0.4, 0.5) is 14.4 Å². The van der Waals surface area contributed by atoms with E-state index in [9.17, 15) is 29.7 Å². The van der Waals surface area contributed by atoms with E-state index in [1.807, 2.05) is 0 Å². The maximum Gasteiger partial charge on any atom is 4.00 e. The van der Waals surface area contributed by atoms with Gasteiger partial charge in [-0.3, -0.25) is 0 Å². The second-order valence-corrected chi connectivity index (χ2v) is 7.44. The molecule has 1 aromatic carbocycles. The third-order valence-electron chi connectivity index (χ3n) is 5.88. The summed E-state index contributed by atoms with van der Waals surface area (Å²) < 4.78 is 0. The first-order valence-electron chi connectivity index (χ1n) is 11.8. The molecule has 0 aliphatic heterocycles. The van der Waals surface area contributed by atoms with Gasteiger partial charge in [-0.25, -0.2) is 0 Å². The van der Waals surface area contributed by atoms with Gasteiger partial charge in [0.2, 0.25) is 0 Å². The third-order valence-corrected chi connectivity index (χ3v) is 5.88. The van der Waals surface area contributed by atoms with Crippen LogP contribution < -0.4 is 15.3 Å². The van der Waals surface area contributed by atoms with Crippen molar-refractivity contribution in [1.82, 2.24) is 14.7 Å². The van der Waals surface area contributed by atoms with Gasteiger partial charge in [-0.1, -0.05) is 34.6 Å². The van der Waals surface area contributed by atoms with Crippen molar-refractivity contribution in [3.8, 4) is 0 Å². The van der Waals surface area contributed by atoms with Gasteiger partial charge in [-0.15, -0.1) is 0 Å². The molecule has 200 valence electrons. The summed E-state index contributed by atoms with van der Waals surface area (Å²) in [5.74, 6) is 0. The minimum absolute atomic E-state index is 0.